The number of hydrogen-bond donors (Lipinski definition) is 0. The highest BCUT2D eigenvalue weighted by Crippen LogP contribution is 2.46. The maximum atomic E-state index is 11.7. The quantitative estimate of drug-likeness (QED) is 0.794. The fourth-order valence-electron chi connectivity index (χ4n) is 1.82. The first kappa shape index (κ1) is 11.4. The Morgan fingerprint density at radius 1 is 1.56 bits per heavy atom. The van der Waals surface area contributed by atoms with Gasteiger partial charge in [-0.05, 0) is 25.7 Å². The largest absolute Gasteiger partial charge is 0.461 e. The third kappa shape index (κ3) is 1.92. The number of oxazole rings is 1. The second kappa shape index (κ2) is 4.53. The smallest absolute Gasteiger partial charge is 0.361 e. The van der Waals surface area contributed by atoms with Gasteiger partial charge in [-0.15, -0.1) is 11.3 Å². The molecule has 0 atom stereocenters. The molecule has 1 fully saturated rings. The fourth-order valence-corrected chi connectivity index (χ4v) is 2.78. The maximum Gasteiger partial charge on any atom is 0.361 e. The summed E-state index contributed by atoms with van der Waals surface area (Å²) in [6, 6.07) is 0. The molecule has 0 spiro atoms. The molecule has 0 amide bonds. The number of ether oxygens (including phenoxy) is 1. The van der Waals surface area contributed by atoms with E-state index in [0.717, 1.165) is 5.69 Å². The van der Waals surface area contributed by atoms with Crippen LogP contribution < -0.4 is 0 Å². The summed E-state index contributed by atoms with van der Waals surface area (Å²) in [5.74, 6) is 0.528. The molecule has 0 radical (unpaired) electrons. The molecule has 0 aromatic carbocycles. The van der Waals surface area contributed by atoms with Crippen molar-refractivity contribution in [1.82, 2.24) is 9.97 Å². The molecule has 6 heteroatoms. The van der Waals surface area contributed by atoms with E-state index in [1.54, 1.807) is 23.8 Å². The van der Waals surface area contributed by atoms with Gasteiger partial charge in [0, 0.05) is 4.88 Å². The summed E-state index contributed by atoms with van der Waals surface area (Å²) in [5, 5.41) is 0. The minimum atomic E-state index is -0.462. The van der Waals surface area contributed by atoms with Crippen molar-refractivity contribution in [3.05, 3.63) is 22.5 Å². The van der Waals surface area contributed by atoms with E-state index in [1.807, 2.05) is 0 Å². The molecular formula is C12H12N2O3S. The van der Waals surface area contributed by atoms with E-state index in [9.17, 15) is 4.79 Å². The van der Waals surface area contributed by atoms with Crippen LogP contribution in [0.15, 0.2) is 16.3 Å². The highest BCUT2D eigenvalue weighted by atomic mass is 32.1. The van der Waals surface area contributed by atoms with Gasteiger partial charge >= 0.3 is 5.97 Å². The van der Waals surface area contributed by atoms with Gasteiger partial charge in [0.1, 0.15) is 5.69 Å². The van der Waals surface area contributed by atoms with Crippen molar-refractivity contribution in [1.29, 1.82) is 0 Å². The van der Waals surface area contributed by atoms with Crippen LogP contribution in [-0.2, 0) is 4.74 Å². The molecule has 1 saturated carbocycles. The Balaban J connectivity index is 1.98. The molecule has 0 N–H and O–H groups in total. The standard InChI is InChI=1S/C12H12N2O3S/c1-2-16-12(15)9-10(17-5-13-9)8-11(7-3-4-7)18-6-14-8/h5-7H,2-4H2,1H3. The summed E-state index contributed by atoms with van der Waals surface area (Å²) in [5.41, 5.74) is 2.73. The maximum absolute atomic E-state index is 11.7. The van der Waals surface area contributed by atoms with Crippen LogP contribution in [0.25, 0.3) is 11.5 Å². The number of hydrogen-bond acceptors (Lipinski definition) is 6. The van der Waals surface area contributed by atoms with Crippen LogP contribution in [0.4, 0.5) is 0 Å². The highest BCUT2D eigenvalue weighted by Gasteiger charge is 2.32. The van der Waals surface area contributed by atoms with E-state index in [4.69, 9.17) is 9.15 Å². The number of thiazole rings is 1. The zero-order valence-electron chi connectivity index (χ0n) is 9.88. The zero-order valence-corrected chi connectivity index (χ0v) is 10.7. The van der Waals surface area contributed by atoms with E-state index >= 15 is 0 Å². The van der Waals surface area contributed by atoms with E-state index < -0.39 is 5.97 Å². The molecule has 94 valence electrons. The average molecular weight is 264 g/mol. The number of rotatable bonds is 4. The average Bonchev–Trinajstić information content (AvgIpc) is 2.93. The lowest BCUT2D eigenvalue weighted by atomic mass is 10.2. The number of aromatic nitrogens is 2. The minimum Gasteiger partial charge on any atom is -0.461 e. The Morgan fingerprint density at radius 2 is 2.39 bits per heavy atom. The summed E-state index contributed by atoms with van der Waals surface area (Å²) in [6.45, 7) is 2.08. The Hall–Kier alpha value is -1.69. The monoisotopic (exact) mass is 264 g/mol. The Labute approximate surface area is 108 Å². The molecule has 0 saturated heterocycles. The predicted molar refractivity (Wildman–Crippen MR) is 65.5 cm³/mol. The second-order valence-corrected chi connectivity index (χ2v) is 4.98. The van der Waals surface area contributed by atoms with Gasteiger partial charge < -0.3 is 9.15 Å². The van der Waals surface area contributed by atoms with Gasteiger partial charge in [-0.2, -0.15) is 0 Å². The molecule has 3 rings (SSSR count). The molecule has 2 aromatic rings. The Morgan fingerprint density at radius 3 is 3.11 bits per heavy atom. The van der Waals surface area contributed by atoms with Crippen molar-refractivity contribution in [3.8, 4) is 11.5 Å². The van der Waals surface area contributed by atoms with Crippen molar-refractivity contribution in [2.45, 2.75) is 25.7 Å². The number of carbonyl (C=O) groups excluding carboxylic acids is 1. The van der Waals surface area contributed by atoms with Crippen LogP contribution in [0.3, 0.4) is 0 Å². The first-order chi connectivity index (χ1) is 8.81. The normalized spacial score (nSPS) is 14.7. The summed E-state index contributed by atoms with van der Waals surface area (Å²) in [6.07, 6.45) is 3.62. The summed E-state index contributed by atoms with van der Waals surface area (Å²) in [4.78, 5) is 21.2. The fraction of sp³-hybridized carbons (Fsp3) is 0.417. The molecule has 2 heterocycles. The third-order valence-electron chi connectivity index (χ3n) is 2.79. The van der Waals surface area contributed by atoms with Gasteiger partial charge in [0.25, 0.3) is 0 Å². The van der Waals surface area contributed by atoms with Crippen molar-refractivity contribution < 1.29 is 13.9 Å². The summed E-state index contributed by atoms with van der Waals surface area (Å²) < 4.78 is 10.3. The minimum absolute atomic E-state index is 0.213. The number of nitrogens with zero attached hydrogens (tertiary/aromatic N) is 2. The van der Waals surface area contributed by atoms with Gasteiger partial charge in [0.05, 0.1) is 12.1 Å². The summed E-state index contributed by atoms with van der Waals surface area (Å²) >= 11 is 1.60. The van der Waals surface area contributed by atoms with Crippen molar-refractivity contribution >= 4 is 17.3 Å². The van der Waals surface area contributed by atoms with Crippen LogP contribution >= 0.6 is 11.3 Å². The van der Waals surface area contributed by atoms with Crippen LogP contribution in [0, 0.1) is 0 Å². The number of esters is 1. The van der Waals surface area contributed by atoms with Crippen LogP contribution in [-0.4, -0.2) is 22.5 Å². The molecule has 1 aliphatic carbocycles. The zero-order chi connectivity index (χ0) is 12.5. The first-order valence-electron chi connectivity index (χ1n) is 5.85. The molecule has 18 heavy (non-hydrogen) atoms. The van der Waals surface area contributed by atoms with E-state index in [0.29, 0.717) is 18.3 Å². The second-order valence-electron chi connectivity index (χ2n) is 4.09. The Kier molecular flexibility index (Phi) is 2.87. The van der Waals surface area contributed by atoms with Crippen LogP contribution in [0.1, 0.15) is 41.0 Å². The molecule has 2 aromatic heterocycles. The van der Waals surface area contributed by atoms with E-state index in [1.165, 1.54) is 24.1 Å². The molecular weight excluding hydrogens is 252 g/mol. The SMILES string of the molecule is CCOC(=O)c1ncoc1-c1ncsc1C1CC1. The van der Waals surface area contributed by atoms with Gasteiger partial charge in [0.2, 0.25) is 0 Å². The predicted octanol–water partition coefficient (Wildman–Crippen LogP) is 2.85. The molecule has 1 aliphatic rings. The van der Waals surface area contributed by atoms with Crippen LogP contribution in [0.2, 0.25) is 0 Å². The van der Waals surface area contributed by atoms with Gasteiger partial charge in [-0.25, -0.2) is 14.8 Å². The topological polar surface area (TPSA) is 65.2 Å². The van der Waals surface area contributed by atoms with Crippen molar-refractivity contribution in [3.63, 3.8) is 0 Å². The van der Waals surface area contributed by atoms with Gasteiger partial charge in [0.15, 0.2) is 17.8 Å². The van der Waals surface area contributed by atoms with Crippen LogP contribution in [0.5, 0.6) is 0 Å². The molecule has 5 nitrogen and oxygen atoms in total. The highest BCUT2D eigenvalue weighted by molar-refractivity contribution is 7.10. The lowest BCUT2D eigenvalue weighted by Crippen LogP contribution is -2.06. The first-order valence-corrected chi connectivity index (χ1v) is 6.73. The van der Waals surface area contributed by atoms with Crippen molar-refractivity contribution in [2.24, 2.45) is 0 Å². The van der Waals surface area contributed by atoms with E-state index in [2.05, 4.69) is 9.97 Å². The lowest BCUT2D eigenvalue weighted by molar-refractivity contribution is 0.0520. The molecule has 0 aliphatic heterocycles. The van der Waals surface area contributed by atoms with Gasteiger partial charge in [-0.1, -0.05) is 0 Å². The molecule has 0 unspecified atom stereocenters. The lowest BCUT2D eigenvalue weighted by Gasteiger charge is -2.01. The van der Waals surface area contributed by atoms with Gasteiger partial charge in [-0.3, -0.25) is 0 Å². The summed E-state index contributed by atoms with van der Waals surface area (Å²) in [7, 11) is 0. The van der Waals surface area contributed by atoms with Crippen molar-refractivity contribution in [2.75, 3.05) is 6.61 Å². The third-order valence-corrected chi connectivity index (χ3v) is 3.79. The van der Waals surface area contributed by atoms with E-state index in [-0.39, 0.29) is 5.69 Å². The Bertz CT molecular complexity index is 571. The molecule has 0 bridgehead atoms. The number of carbonyl (C=O) groups is 1.